The number of ketones is 1. The molecule has 0 saturated heterocycles. The predicted octanol–water partition coefficient (Wildman–Crippen LogP) is 3.64. The summed E-state index contributed by atoms with van der Waals surface area (Å²) in [6.45, 7) is 6.48. The summed E-state index contributed by atoms with van der Waals surface area (Å²) in [7, 11) is 0. The zero-order valence-electron chi connectivity index (χ0n) is 15.6. The lowest BCUT2D eigenvalue weighted by atomic mass is 9.86. The molecular weight excluding hydrogens is 338 g/mol. The highest BCUT2D eigenvalue weighted by molar-refractivity contribution is 5.97. The lowest BCUT2D eigenvalue weighted by Gasteiger charge is -2.19. The molecule has 4 aromatic rings. The second kappa shape index (κ2) is 6.46. The number of Topliss-reactive ketones (excluding diaryl/α,β-unsaturated/α-hetero) is 1. The zero-order chi connectivity index (χ0) is 19.0. The van der Waals surface area contributed by atoms with Crippen molar-refractivity contribution in [3.8, 4) is 5.82 Å². The minimum atomic E-state index is 0.0448. The molecule has 0 atom stereocenters. The second-order valence-electron chi connectivity index (χ2n) is 7.60. The molecule has 0 aliphatic carbocycles. The predicted molar refractivity (Wildman–Crippen MR) is 103 cm³/mol. The van der Waals surface area contributed by atoms with Crippen molar-refractivity contribution in [2.24, 2.45) is 0 Å². The molecule has 0 aliphatic heterocycles. The molecule has 1 aromatic carbocycles. The molecular formula is C21H21N5O. The van der Waals surface area contributed by atoms with Crippen LogP contribution in [0.5, 0.6) is 0 Å². The first-order valence-electron chi connectivity index (χ1n) is 8.87. The number of fused-ring (bicyclic) bond motifs is 1. The average molecular weight is 359 g/mol. The standard InChI is InChI=1S/C21H21N5O/c1-21(2,3)16-6-4-15(5-7-16)18(27)12-17-13-20(25-11-10-22-14-25)26-19(24-17)8-9-23-26/h4-11,13-14H,12H2,1-3H3. The van der Waals surface area contributed by atoms with Crippen LogP contribution in [0.4, 0.5) is 0 Å². The van der Waals surface area contributed by atoms with E-state index in [0.717, 1.165) is 5.82 Å². The van der Waals surface area contributed by atoms with Crippen LogP contribution in [0.2, 0.25) is 0 Å². The maximum Gasteiger partial charge on any atom is 0.168 e. The van der Waals surface area contributed by atoms with Crippen molar-refractivity contribution in [3.63, 3.8) is 0 Å². The summed E-state index contributed by atoms with van der Waals surface area (Å²) in [5.41, 5.74) is 3.38. The highest BCUT2D eigenvalue weighted by Crippen LogP contribution is 2.22. The Bertz CT molecular complexity index is 1090. The van der Waals surface area contributed by atoms with Gasteiger partial charge >= 0.3 is 0 Å². The van der Waals surface area contributed by atoms with Gasteiger partial charge in [-0.2, -0.15) is 9.61 Å². The lowest BCUT2D eigenvalue weighted by molar-refractivity contribution is 0.0992. The van der Waals surface area contributed by atoms with E-state index >= 15 is 0 Å². The Morgan fingerprint density at radius 1 is 1.07 bits per heavy atom. The highest BCUT2D eigenvalue weighted by atomic mass is 16.1. The molecule has 0 radical (unpaired) electrons. The van der Waals surface area contributed by atoms with Crippen molar-refractivity contribution in [2.75, 3.05) is 0 Å². The molecule has 0 fully saturated rings. The number of nitrogens with zero attached hydrogens (tertiary/aromatic N) is 5. The van der Waals surface area contributed by atoms with Crippen molar-refractivity contribution >= 4 is 11.4 Å². The fraction of sp³-hybridized carbons (Fsp3) is 0.238. The van der Waals surface area contributed by atoms with E-state index in [-0.39, 0.29) is 17.6 Å². The first-order valence-corrected chi connectivity index (χ1v) is 8.87. The second-order valence-corrected chi connectivity index (χ2v) is 7.60. The molecule has 0 amide bonds. The van der Waals surface area contributed by atoms with Crippen molar-refractivity contribution in [2.45, 2.75) is 32.6 Å². The largest absolute Gasteiger partial charge is 0.294 e. The van der Waals surface area contributed by atoms with E-state index in [2.05, 4.69) is 35.8 Å². The molecule has 0 spiro atoms. The topological polar surface area (TPSA) is 65.1 Å². The quantitative estimate of drug-likeness (QED) is 0.522. The van der Waals surface area contributed by atoms with E-state index in [1.54, 1.807) is 23.2 Å². The first kappa shape index (κ1) is 17.1. The third kappa shape index (κ3) is 3.38. The first-order chi connectivity index (χ1) is 12.9. The van der Waals surface area contributed by atoms with Crippen LogP contribution < -0.4 is 0 Å². The number of carbonyl (C=O) groups is 1. The van der Waals surface area contributed by atoms with Crippen molar-refractivity contribution < 1.29 is 4.79 Å². The van der Waals surface area contributed by atoms with Crippen LogP contribution in [0.1, 0.15) is 42.4 Å². The van der Waals surface area contributed by atoms with E-state index in [0.29, 0.717) is 16.9 Å². The van der Waals surface area contributed by atoms with Crippen LogP contribution in [0.15, 0.2) is 61.3 Å². The number of benzene rings is 1. The number of imidazole rings is 1. The van der Waals surface area contributed by atoms with Crippen LogP contribution in [0.25, 0.3) is 11.5 Å². The van der Waals surface area contributed by atoms with E-state index in [1.165, 1.54) is 5.56 Å². The van der Waals surface area contributed by atoms with Gasteiger partial charge in [-0.15, -0.1) is 0 Å². The monoisotopic (exact) mass is 359 g/mol. The SMILES string of the molecule is CC(C)(C)c1ccc(C(=O)Cc2cc(-n3ccnc3)n3nccc3n2)cc1. The third-order valence-corrected chi connectivity index (χ3v) is 4.58. The van der Waals surface area contributed by atoms with Crippen LogP contribution in [-0.4, -0.2) is 29.9 Å². The normalized spacial score (nSPS) is 11.8. The molecule has 0 unspecified atom stereocenters. The summed E-state index contributed by atoms with van der Waals surface area (Å²) in [5, 5.41) is 4.31. The lowest BCUT2D eigenvalue weighted by Crippen LogP contribution is -2.12. The summed E-state index contributed by atoms with van der Waals surface area (Å²) < 4.78 is 3.58. The molecule has 27 heavy (non-hydrogen) atoms. The fourth-order valence-electron chi connectivity index (χ4n) is 3.04. The van der Waals surface area contributed by atoms with Crippen LogP contribution in [0.3, 0.4) is 0 Å². The number of aromatic nitrogens is 5. The summed E-state index contributed by atoms with van der Waals surface area (Å²) in [6, 6.07) is 11.6. The molecule has 6 nitrogen and oxygen atoms in total. The number of rotatable bonds is 4. The molecule has 0 saturated carbocycles. The molecule has 3 heterocycles. The van der Waals surface area contributed by atoms with Gasteiger partial charge in [-0.1, -0.05) is 45.0 Å². The van der Waals surface area contributed by atoms with Crippen LogP contribution >= 0.6 is 0 Å². The Morgan fingerprint density at radius 3 is 2.52 bits per heavy atom. The maximum atomic E-state index is 12.8. The minimum absolute atomic E-state index is 0.0448. The Labute approximate surface area is 157 Å². The van der Waals surface area contributed by atoms with E-state index in [1.807, 2.05) is 47.2 Å². The van der Waals surface area contributed by atoms with Crippen LogP contribution in [0, 0.1) is 0 Å². The van der Waals surface area contributed by atoms with E-state index in [9.17, 15) is 4.79 Å². The molecule has 6 heteroatoms. The molecule has 136 valence electrons. The Balaban J connectivity index is 1.64. The fourth-order valence-corrected chi connectivity index (χ4v) is 3.04. The Kier molecular flexibility index (Phi) is 4.11. The van der Waals surface area contributed by atoms with Crippen molar-refractivity contribution in [1.82, 2.24) is 24.1 Å². The van der Waals surface area contributed by atoms with Crippen molar-refractivity contribution in [3.05, 3.63) is 78.1 Å². The average Bonchev–Trinajstić information content (AvgIpc) is 3.32. The van der Waals surface area contributed by atoms with Gasteiger partial charge in [0, 0.05) is 30.1 Å². The van der Waals surface area contributed by atoms with Gasteiger partial charge in [0.05, 0.1) is 18.3 Å². The number of hydrogen-bond donors (Lipinski definition) is 0. The van der Waals surface area contributed by atoms with Gasteiger partial charge < -0.3 is 0 Å². The Hall–Kier alpha value is -3.28. The van der Waals surface area contributed by atoms with Gasteiger partial charge in [-0.05, 0) is 11.0 Å². The summed E-state index contributed by atoms with van der Waals surface area (Å²) in [4.78, 5) is 21.4. The highest BCUT2D eigenvalue weighted by Gasteiger charge is 2.16. The summed E-state index contributed by atoms with van der Waals surface area (Å²) in [5.74, 6) is 0.844. The Morgan fingerprint density at radius 2 is 1.85 bits per heavy atom. The molecule has 0 aliphatic rings. The number of carbonyl (C=O) groups excluding carboxylic acids is 1. The van der Waals surface area contributed by atoms with E-state index < -0.39 is 0 Å². The van der Waals surface area contributed by atoms with Gasteiger partial charge in [0.1, 0.15) is 12.1 Å². The van der Waals surface area contributed by atoms with Gasteiger partial charge in [0.25, 0.3) is 0 Å². The summed E-state index contributed by atoms with van der Waals surface area (Å²) >= 11 is 0. The maximum absolute atomic E-state index is 12.8. The molecule has 0 N–H and O–H groups in total. The minimum Gasteiger partial charge on any atom is -0.294 e. The van der Waals surface area contributed by atoms with Gasteiger partial charge in [0.2, 0.25) is 0 Å². The zero-order valence-corrected chi connectivity index (χ0v) is 15.6. The molecule has 4 rings (SSSR count). The summed E-state index contributed by atoms with van der Waals surface area (Å²) in [6.07, 6.45) is 7.18. The van der Waals surface area contributed by atoms with Gasteiger partial charge in [-0.3, -0.25) is 9.36 Å². The number of hydrogen-bond acceptors (Lipinski definition) is 4. The molecule has 0 bridgehead atoms. The van der Waals surface area contributed by atoms with E-state index in [4.69, 9.17) is 0 Å². The third-order valence-electron chi connectivity index (χ3n) is 4.58. The van der Waals surface area contributed by atoms with Crippen LogP contribution in [-0.2, 0) is 11.8 Å². The smallest absolute Gasteiger partial charge is 0.168 e. The molecule has 3 aromatic heterocycles. The van der Waals surface area contributed by atoms with Gasteiger partial charge in [0.15, 0.2) is 11.4 Å². The van der Waals surface area contributed by atoms with Crippen molar-refractivity contribution in [1.29, 1.82) is 0 Å². The van der Waals surface area contributed by atoms with Gasteiger partial charge in [-0.25, -0.2) is 9.97 Å².